The van der Waals surface area contributed by atoms with Gasteiger partial charge in [-0.2, -0.15) is 0 Å². The molecule has 0 atom stereocenters. The van der Waals surface area contributed by atoms with E-state index in [0.717, 1.165) is 30.5 Å². The van der Waals surface area contributed by atoms with Crippen LogP contribution in [0.25, 0.3) is 11.6 Å². The Bertz CT molecular complexity index is 902. The van der Waals surface area contributed by atoms with E-state index in [-0.39, 0.29) is 5.91 Å². The van der Waals surface area contributed by atoms with Crippen LogP contribution in [0, 0.1) is 0 Å². The third-order valence-corrected chi connectivity index (χ3v) is 4.57. The lowest BCUT2D eigenvalue weighted by atomic mass is 9.95. The van der Waals surface area contributed by atoms with Crippen LogP contribution in [-0.4, -0.2) is 5.91 Å². The van der Waals surface area contributed by atoms with Crippen LogP contribution in [0.2, 0.25) is 0 Å². The number of aryl methyl sites for hydroxylation is 1. The average molecular weight is 372 g/mol. The van der Waals surface area contributed by atoms with E-state index in [1.807, 2.05) is 25.1 Å². The number of hydrogen-bond acceptors (Lipinski definition) is 1. The summed E-state index contributed by atoms with van der Waals surface area (Å²) in [5.74, 6) is -0.0498. The Morgan fingerprint density at radius 3 is 2.61 bits per heavy atom. The number of allylic oxidation sites excluding steroid dienone is 5. The predicted octanol–water partition coefficient (Wildman–Crippen LogP) is 6.83. The van der Waals surface area contributed by atoms with Crippen LogP contribution in [0.4, 0.5) is 5.69 Å². The van der Waals surface area contributed by atoms with Crippen LogP contribution >= 0.6 is 0 Å². The maximum Gasteiger partial charge on any atom is 0.221 e. The molecule has 2 heteroatoms. The molecule has 0 fully saturated rings. The van der Waals surface area contributed by atoms with Crippen LogP contribution < -0.4 is 5.32 Å². The summed E-state index contributed by atoms with van der Waals surface area (Å²) < 4.78 is 0. The summed E-state index contributed by atoms with van der Waals surface area (Å²) in [6, 6.07) is 16.7. The van der Waals surface area contributed by atoms with Crippen molar-refractivity contribution in [3.8, 4) is 0 Å². The second-order valence-electron chi connectivity index (χ2n) is 6.66. The van der Waals surface area contributed by atoms with E-state index in [2.05, 4.69) is 73.1 Å². The number of amides is 1. The van der Waals surface area contributed by atoms with E-state index in [9.17, 15) is 4.79 Å². The van der Waals surface area contributed by atoms with E-state index in [4.69, 9.17) is 0 Å². The lowest BCUT2D eigenvalue weighted by Gasteiger charge is -2.10. The summed E-state index contributed by atoms with van der Waals surface area (Å²) in [7, 11) is 0. The highest BCUT2D eigenvalue weighted by molar-refractivity contribution is 5.90. The first-order valence-electron chi connectivity index (χ1n) is 9.63. The number of nitrogens with one attached hydrogen (secondary N) is 1. The number of anilines is 1. The molecule has 2 aromatic rings. The molecule has 1 aliphatic carbocycles. The van der Waals surface area contributed by atoms with E-state index in [0.29, 0.717) is 0 Å². The van der Waals surface area contributed by atoms with Crippen molar-refractivity contribution in [1.29, 1.82) is 0 Å². The number of carbonyl (C=O) groups excluding carboxylic acids is 1. The SMILES string of the molecule is C/C=C\C=C1\CCc2ccccc2/C(=C/c2cccc(NC(C)=O)c2)C1.C=C. The molecule has 0 heterocycles. The fraction of sp³-hybridized carbons (Fsp3) is 0.192. The fourth-order valence-electron chi connectivity index (χ4n) is 3.39. The quantitative estimate of drug-likeness (QED) is 0.465. The number of fused-ring (bicyclic) bond motifs is 1. The van der Waals surface area contributed by atoms with Gasteiger partial charge in [0, 0.05) is 12.6 Å². The monoisotopic (exact) mass is 371 g/mol. The molecule has 28 heavy (non-hydrogen) atoms. The van der Waals surface area contributed by atoms with Crippen LogP contribution in [-0.2, 0) is 11.2 Å². The molecule has 0 radical (unpaired) electrons. The van der Waals surface area contributed by atoms with Gasteiger partial charge < -0.3 is 5.32 Å². The van der Waals surface area contributed by atoms with Crippen molar-refractivity contribution in [3.63, 3.8) is 0 Å². The molecule has 2 nitrogen and oxygen atoms in total. The number of benzene rings is 2. The minimum Gasteiger partial charge on any atom is -0.326 e. The normalized spacial score (nSPS) is 16.2. The molecule has 0 aromatic heterocycles. The molecule has 0 spiro atoms. The van der Waals surface area contributed by atoms with Crippen molar-refractivity contribution in [1.82, 2.24) is 0 Å². The van der Waals surface area contributed by atoms with Gasteiger partial charge in [0.1, 0.15) is 0 Å². The lowest BCUT2D eigenvalue weighted by molar-refractivity contribution is -0.114. The third-order valence-electron chi connectivity index (χ3n) is 4.57. The Kier molecular flexibility index (Phi) is 8.23. The smallest absolute Gasteiger partial charge is 0.221 e. The zero-order chi connectivity index (χ0) is 20.4. The largest absolute Gasteiger partial charge is 0.326 e. The van der Waals surface area contributed by atoms with Crippen molar-refractivity contribution in [2.75, 3.05) is 5.32 Å². The molecule has 0 unspecified atom stereocenters. The molecule has 0 bridgehead atoms. The second kappa shape index (κ2) is 10.9. The van der Waals surface area contributed by atoms with E-state index < -0.39 is 0 Å². The second-order valence-corrected chi connectivity index (χ2v) is 6.66. The molecule has 2 aromatic carbocycles. The molecule has 0 aliphatic heterocycles. The summed E-state index contributed by atoms with van der Waals surface area (Å²) in [4.78, 5) is 11.3. The van der Waals surface area contributed by atoms with Crippen LogP contribution in [0.5, 0.6) is 0 Å². The van der Waals surface area contributed by atoms with Gasteiger partial charge in [0.2, 0.25) is 5.91 Å². The Morgan fingerprint density at radius 1 is 1.07 bits per heavy atom. The highest BCUT2D eigenvalue weighted by Crippen LogP contribution is 2.34. The Hall–Kier alpha value is -3.13. The first kappa shape index (κ1) is 21.2. The predicted molar refractivity (Wildman–Crippen MR) is 122 cm³/mol. The summed E-state index contributed by atoms with van der Waals surface area (Å²) >= 11 is 0. The molecule has 1 aliphatic rings. The minimum atomic E-state index is -0.0498. The lowest BCUT2D eigenvalue weighted by Crippen LogP contribution is -2.05. The third kappa shape index (κ3) is 5.95. The molecule has 1 amide bonds. The van der Waals surface area contributed by atoms with Gasteiger partial charge >= 0.3 is 0 Å². The summed E-state index contributed by atoms with van der Waals surface area (Å²) in [5, 5.41) is 2.86. The first-order chi connectivity index (χ1) is 13.7. The zero-order valence-electron chi connectivity index (χ0n) is 16.9. The van der Waals surface area contributed by atoms with Crippen molar-refractivity contribution >= 4 is 23.2 Å². The number of carbonyl (C=O) groups is 1. The highest BCUT2D eigenvalue weighted by atomic mass is 16.1. The highest BCUT2D eigenvalue weighted by Gasteiger charge is 2.15. The van der Waals surface area contributed by atoms with Gasteiger partial charge in [-0.25, -0.2) is 0 Å². The molecule has 0 saturated carbocycles. The van der Waals surface area contributed by atoms with Crippen molar-refractivity contribution < 1.29 is 4.79 Å². The van der Waals surface area contributed by atoms with Gasteiger partial charge in [0.15, 0.2) is 0 Å². The van der Waals surface area contributed by atoms with Crippen LogP contribution in [0.15, 0.2) is 85.5 Å². The van der Waals surface area contributed by atoms with Gasteiger partial charge in [0.05, 0.1) is 0 Å². The van der Waals surface area contributed by atoms with Gasteiger partial charge in [-0.15, -0.1) is 13.2 Å². The molecular weight excluding hydrogens is 342 g/mol. The minimum absolute atomic E-state index is 0.0498. The topological polar surface area (TPSA) is 29.1 Å². The molecular formula is C26H29NO. The van der Waals surface area contributed by atoms with Gasteiger partial charge in [-0.3, -0.25) is 4.79 Å². The fourth-order valence-corrected chi connectivity index (χ4v) is 3.39. The maximum atomic E-state index is 11.3. The van der Waals surface area contributed by atoms with Crippen molar-refractivity contribution in [2.24, 2.45) is 0 Å². The van der Waals surface area contributed by atoms with Crippen molar-refractivity contribution in [2.45, 2.75) is 33.1 Å². The van der Waals surface area contributed by atoms with E-state index >= 15 is 0 Å². The first-order valence-corrected chi connectivity index (χ1v) is 9.63. The standard InChI is InChI=1S/C24H25NO.C2H4/c1-3-4-8-19-13-14-21-10-5-6-12-24(21)22(15-19)16-20-9-7-11-23(17-20)25-18(2)26;1-2/h3-12,16-17H,13-15H2,1-2H3,(H,25,26);1-2H2/b4-3-,19-8-,22-16+;. The molecule has 3 rings (SSSR count). The average Bonchev–Trinajstić information content (AvgIpc) is 2.87. The Labute approximate surface area is 169 Å². The number of rotatable bonds is 3. The van der Waals surface area contributed by atoms with Gasteiger partial charge in [-0.1, -0.05) is 66.3 Å². The maximum absolute atomic E-state index is 11.3. The Balaban J connectivity index is 0.00000136. The summed E-state index contributed by atoms with van der Waals surface area (Å²) in [6.45, 7) is 9.58. The van der Waals surface area contributed by atoms with E-state index in [1.54, 1.807) is 0 Å². The van der Waals surface area contributed by atoms with Crippen LogP contribution in [0.1, 0.15) is 43.4 Å². The van der Waals surface area contributed by atoms with Gasteiger partial charge in [-0.05, 0) is 60.6 Å². The molecule has 0 saturated heterocycles. The summed E-state index contributed by atoms with van der Waals surface area (Å²) in [5.41, 5.74) is 7.45. The van der Waals surface area contributed by atoms with Gasteiger partial charge in [0.25, 0.3) is 0 Å². The van der Waals surface area contributed by atoms with Crippen LogP contribution in [0.3, 0.4) is 0 Å². The summed E-state index contributed by atoms with van der Waals surface area (Å²) in [6.07, 6.45) is 11.8. The number of hydrogen-bond donors (Lipinski definition) is 1. The molecule has 144 valence electrons. The van der Waals surface area contributed by atoms with Crippen molar-refractivity contribution in [3.05, 3.63) is 102 Å². The van der Waals surface area contributed by atoms with E-state index in [1.165, 1.54) is 29.2 Å². The Morgan fingerprint density at radius 2 is 1.86 bits per heavy atom. The molecule has 1 N–H and O–H groups in total. The zero-order valence-corrected chi connectivity index (χ0v) is 16.9.